The van der Waals surface area contributed by atoms with Crippen molar-refractivity contribution >= 4 is 23.5 Å². The van der Waals surface area contributed by atoms with E-state index >= 15 is 0 Å². The number of allylic oxidation sites excluding steroid dienone is 1. The molecule has 3 aliphatic heterocycles. The Bertz CT molecular complexity index is 1450. The van der Waals surface area contributed by atoms with Gasteiger partial charge >= 0.3 is 0 Å². The van der Waals surface area contributed by atoms with Gasteiger partial charge in [0.2, 0.25) is 12.6 Å². The largest absolute Gasteiger partial charge is 0.507 e. The number of carbonyl (C=O) groups is 1. The average molecular weight is 537 g/mol. The third-order valence-electron chi connectivity index (χ3n) is 7.19. The van der Waals surface area contributed by atoms with Crippen molar-refractivity contribution in [2.24, 2.45) is 0 Å². The second-order valence-electron chi connectivity index (χ2n) is 9.71. The van der Waals surface area contributed by atoms with Crippen LogP contribution in [0.1, 0.15) is 32.6 Å². The quantitative estimate of drug-likeness (QED) is 0.452. The molecule has 9 heteroatoms. The van der Waals surface area contributed by atoms with Gasteiger partial charge in [-0.1, -0.05) is 23.7 Å². The number of hydrogen-bond donors (Lipinski definition) is 1. The van der Waals surface area contributed by atoms with Crippen molar-refractivity contribution in [3.63, 3.8) is 0 Å². The molecule has 3 aromatic carbocycles. The molecule has 6 rings (SSSR count). The first-order valence-electron chi connectivity index (χ1n) is 12.4. The molecule has 3 aliphatic rings. The predicted octanol–water partition coefficient (Wildman–Crippen LogP) is 5.16. The van der Waals surface area contributed by atoms with Crippen LogP contribution in [-0.4, -0.2) is 53.7 Å². The number of carbonyl (C=O) groups excluding carboxylic acids is 1. The molecule has 0 bridgehead atoms. The van der Waals surface area contributed by atoms with Crippen molar-refractivity contribution in [1.82, 2.24) is 9.80 Å². The molecule has 1 fully saturated rings. The molecule has 0 unspecified atom stereocenters. The average Bonchev–Trinajstić information content (AvgIpc) is 3.49. The number of aromatic hydroxyl groups is 1. The molecule has 38 heavy (non-hydrogen) atoms. The normalized spacial score (nSPS) is 18.2. The summed E-state index contributed by atoms with van der Waals surface area (Å²) in [6, 6.07) is 11.9. The number of fused-ring (bicyclic) bond motifs is 2. The Morgan fingerprint density at radius 3 is 2.53 bits per heavy atom. The number of hydrogen-bond acceptors (Lipinski definition) is 7. The summed E-state index contributed by atoms with van der Waals surface area (Å²) in [4.78, 5) is 17.8. The van der Waals surface area contributed by atoms with Crippen molar-refractivity contribution in [2.75, 3.05) is 33.0 Å². The second-order valence-corrected chi connectivity index (χ2v) is 10.1. The standard InChI is InChI=1S/C29H26ClFN2O5/c1-17-11-23(34)20(29-27(17)28(35)26(38-29)13-19-21(30)3-2-4-22(19)31)15-33-9-7-32(8-10-33)14-18-5-6-24-25(12-18)37-16-36-24/h2-6,11-13,34H,7-10,14-16H2,1H3/b26-13-. The number of phenols is 1. The highest BCUT2D eigenvalue weighted by Crippen LogP contribution is 2.43. The Labute approximate surface area is 224 Å². The van der Waals surface area contributed by atoms with E-state index in [4.69, 9.17) is 25.8 Å². The van der Waals surface area contributed by atoms with E-state index in [1.165, 1.54) is 18.2 Å². The van der Waals surface area contributed by atoms with E-state index in [9.17, 15) is 14.3 Å². The Balaban J connectivity index is 1.17. The fraction of sp³-hybridized carbons (Fsp3) is 0.276. The smallest absolute Gasteiger partial charge is 0.232 e. The Morgan fingerprint density at radius 2 is 1.76 bits per heavy atom. The molecule has 0 saturated carbocycles. The van der Waals surface area contributed by atoms with Crippen LogP contribution in [0.3, 0.4) is 0 Å². The lowest BCUT2D eigenvalue weighted by Gasteiger charge is -2.35. The van der Waals surface area contributed by atoms with E-state index in [1.807, 2.05) is 12.1 Å². The third-order valence-corrected chi connectivity index (χ3v) is 7.52. The van der Waals surface area contributed by atoms with Crippen LogP contribution in [0.4, 0.5) is 4.39 Å². The molecule has 7 nitrogen and oxygen atoms in total. The van der Waals surface area contributed by atoms with E-state index < -0.39 is 5.82 Å². The minimum absolute atomic E-state index is 0.0181. The summed E-state index contributed by atoms with van der Waals surface area (Å²) in [6.07, 6.45) is 1.33. The minimum Gasteiger partial charge on any atom is -0.507 e. The van der Waals surface area contributed by atoms with Gasteiger partial charge in [0, 0.05) is 44.8 Å². The van der Waals surface area contributed by atoms with E-state index in [0.717, 1.165) is 49.8 Å². The van der Waals surface area contributed by atoms with Gasteiger partial charge in [-0.15, -0.1) is 0 Å². The summed E-state index contributed by atoms with van der Waals surface area (Å²) in [5.41, 5.74) is 2.79. The zero-order chi connectivity index (χ0) is 26.4. The van der Waals surface area contributed by atoms with E-state index in [2.05, 4.69) is 15.9 Å². The number of halogens is 2. The summed E-state index contributed by atoms with van der Waals surface area (Å²) < 4.78 is 31.2. The van der Waals surface area contributed by atoms with Gasteiger partial charge in [0.05, 0.1) is 16.1 Å². The first kappa shape index (κ1) is 24.7. The van der Waals surface area contributed by atoms with Gasteiger partial charge in [-0.3, -0.25) is 14.6 Å². The van der Waals surface area contributed by atoms with Crippen LogP contribution < -0.4 is 14.2 Å². The number of rotatable bonds is 5. The molecule has 3 aromatic rings. The molecule has 0 spiro atoms. The maximum absolute atomic E-state index is 14.4. The molecular weight excluding hydrogens is 511 g/mol. The zero-order valence-electron chi connectivity index (χ0n) is 20.8. The fourth-order valence-electron chi connectivity index (χ4n) is 5.14. The molecular formula is C29H26ClFN2O5. The SMILES string of the molecule is Cc1cc(O)c(CN2CCN(Cc3ccc4c(c3)OCO4)CC2)c2c1C(=O)/C(=C/c1c(F)cccc1Cl)O2. The van der Waals surface area contributed by atoms with Crippen LogP contribution in [0, 0.1) is 12.7 Å². The molecule has 1 saturated heterocycles. The van der Waals surface area contributed by atoms with Crippen LogP contribution in [0.2, 0.25) is 5.02 Å². The van der Waals surface area contributed by atoms with E-state index in [1.54, 1.807) is 19.1 Å². The van der Waals surface area contributed by atoms with Crippen molar-refractivity contribution in [1.29, 1.82) is 0 Å². The van der Waals surface area contributed by atoms with Crippen LogP contribution in [0.25, 0.3) is 6.08 Å². The summed E-state index contributed by atoms with van der Waals surface area (Å²) in [5.74, 6) is 1.04. The van der Waals surface area contributed by atoms with Crippen molar-refractivity contribution < 1.29 is 28.5 Å². The number of phenolic OH excluding ortho intramolecular Hbond substituents is 1. The highest BCUT2D eigenvalue weighted by atomic mass is 35.5. The van der Waals surface area contributed by atoms with E-state index in [0.29, 0.717) is 29.0 Å². The van der Waals surface area contributed by atoms with Gasteiger partial charge in [0.25, 0.3) is 0 Å². The summed E-state index contributed by atoms with van der Waals surface area (Å²) >= 11 is 6.16. The zero-order valence-corrected chi connectivity index (χ0v) is 21.6. The van der Waals surface area contributed by atoms with Crippen LogP contribution in [-0.2, 0) is 13.1 Å². The Morgan fingerprint density at radius 1 is 1.03 bits per heavy atom. The van der Waals surface area contributed by atoms with Gasteiger partial charge in [-0.25, -0.2) is 4.39 Å². The van der Waals surface area contributed by atoms with Gasteiger partial charge in [-0.2, -0.15) is 0 Å². The highest BCUT2D eigenvalue weighted by molar-refractivity contribution is 6.32. The molecule has 0 aromatic heterocycles. The highest BCUT2D eigenvalue weighted by Gasteiger charge is 2.34. The lowest BCUT2D eigenvalue weighted by Crippen LogP contribution is -2.45. The summed E-state index contributed by atoms with van der Waals surface area (Å²) in [7, 11) is 0. The molecule has 0 radical (unpaired) electrons. The Kier molecular flexibility index (Phi) is 6.47. The number of ketones is 1. The monoisotopic (exact) mass is 536 g/mol. The lowest BCUT2D eigenvalue weighted by atomic mass is 9.99. The molecule has 0 amide bonds. The summed E-state index contributed by atoms with van der Waals surface area (Å²) in [6.45, 7) is 6.50. The molecule has 3 heterocycles. The number of Topliss-reactive ketones (excluding diaryl/α,β-unsaturated/α-hetero) is 1. The first-order chi connectivity index (χ1) is 18.4. The number of benzene rings is 3. The molecule has 196 valence electrons. The van der Waals surface area contributed by atoms with Crippen LogP contribution in [0.15, 0.2) is 48.2 Å². The number of piperazine rings is 1. The summed E-state index contributed by atoms with van der Waals surface area (Å²) in [5, 5.41) is 11.0. The maximum Gasteiger partial charge on any atom is 0.232 e. The fourth-order valence-corrected chi connectivity index (χ4v) is 5.36. The van der Waals surface area contributed by atoms with Crippen molar-refractivity contribution in [3.8, 4) is 23.0 Å². The van der Waals surface area contributed by atoms with Gasteiger partial charge in [-0.05, 0) is 54.5 Å². The number of aryl methyl sites for hydroxylation is 1. The lowest BCUT2D eigenvalue weighted by molar-refractivity contribution is 0.101. The van der Waals surface area contributed by atoms with Crippen molar-refractivity contribution in [3.05, 3.63) is 86.9 Å². The molecule has 0 aliphatic carbocycles. The molecule has 1 N–H and O–H groups in total. The van der Waals surface area contributed by atoms with Crippen LogP contribution in [0.5, 0.6) is 23.0 Å². The first-order valence-corrected chi connectivity index (χ1v) is 12.8. The number of ether oxygens (including phenoxy) is 3. The third kappa shape index (κ3) is 4.60. The maximum atomic E-state index is 14.4. The van der Waals surface area contributed by atoms with Gasteiger partial charge in [0.1, 0.15) is 17.3 Å². The van der Waals surface area contributed by atoms with E-state index in [-0.39, 0.29) is 34.7 Å². The second kappa shape index (κ2) is 9.94. The molecule has 0 atom stereocenters. The van der Waals surface area contributed by atoms with Gasteiger partial charge in [0.15, 0.2) is 17.3 Å². The minimum atomic E-state index is -0.546. The van der Waals surface area contributed by atoms with Crippen molar-refractivity contribution in [2.45, 2.75) is 20.0 Å². The predicted molar refractivity (Wildman–Crippen MR) is 140 cm³/mol. The topological polar surface area (TPSA) is 71.5 Å². The Hall–Kier alpha value is -3.59. The van der Waals surface area contributed by atoms with Gasteiger partial charge < -0.3 is 19.3 Å². The number of nitrogens with zero attached hydrogens (tertiary/aromatic N) is 2. The van der Waals surface area contributed by atoms with Crippen LogP contribution >= 0.6 is 11.6 Å².